The second-order valence-corrected chi connectivity index (χ2v) is 4.53. The molecule has 6 nitrogen and oxygen atoms in total. The molecule has 0 radical (unpaired) electrons. The molecule has 0 saturated carbocycles. The summed E-state index contributed by atoms with van der Waals surface area (Å²) in [5.74, 6) is 0. The first-order valence-electron chi connectivity index (χ1n) is 6.38. The van der Waals surface area contributed by atoms with Crippen molar-refractivity contribution in [3.63, 3.8) is 0 Å². The maximum absolute atomic E-state index is 12.0. The Morgan fingerprint density at radius 2 is 2.05 bits per heavy atom. The SMILES string of the molecule is O=c1n(CCC(O)c2ccccc2)nc2cnccn12. The Labute approximate surface area is 114 Å². The molecular weight excluding hydrogens is 256 g/mol. The monoisotopic (exact) mass is 270 g/mol. The van der Waals surface area contributed by atoms with Gasteiger partial charge in [0.25, 0.3) is 0 Å². The first-order chi connectivity index (χ1) is 9.75. The van der Waals surface area contributed by atoms with Gasteiger partial charge in [-0.2, -0.15) is 0 Å². The summed E-state index contributed by atoms with van der Waals surface area (Å²) in [5, 5.41) is 14.3. The van der Waals surface area contributed by atoms with Gasteiger partial charge in [-0.1, -0.05) is 30.3 Å². The Morgan fingerprint density at radius 3 is 2.80 bits per heavy atom. The van der Waals surface area contributed by atoms with Crippen molar-refractivity contribution in [2.75, 3.05) is 0 Å². The Balaban J connectivity index is 1.77. The minimum atomic E-state index is -0.606. The molecule has 0 aliphatic rings. The van der Waals surface area contributed by atoms with Gasteiger partial charge in [-0.15, -0.1) is 5.10 Å². The molecule has 0 saturated heterocycles. The molecule has 3 aromatic rings. The highest BCUT2D eigenvalue weighted by atomic mass is 16.3. The molecular formula is C14H14N4O2. The minimum Gasteiger partial charge on any atom is -0.388 e. The summed E-state index contributed by atoms with van der Waals surface area (Å²) in [4.78, 5) is 16.0. The molecule has 0 aliphatic carbocycles. The van der Waals surface area contributed by atoms with Crippen LogP contribution in [-0.2, 0) is 6.54 Å². The smallest absolute Gasteiger partial charge is 0.350 e. The number of hydrogen-bond acceptors (Lipinski definition) is 4. The van der Waals surface area contributed by atoms with Crippen molar-refractivity contribution in [2.45, 2.75) is 19.1 Å². The average molecular weight is 270 g/mol. The molecule has 2 aromatic heterocycles. The zero-order chi connectivity index (χ0) is 13.9. The van der Waals surface area contributed by atoms with Gasteiger partial charge in [0.15, 0.2) is 5.65 Å². The van der Waals surface area contributed by atoms with Crippen LogP contribution in [0.3, 0.4) is 0 Å². The van der Waals surface area contributed by atoms with Crippen LogP contribution in [0.1, 0.15) is 18.1 Å². The highest BCUT2D eigenvalue weighted by Crippen LogP contribution is 2.16. The highest BCUT2D eigenvalue weighted by molar-refractivity contribution is 5.31. The zero-order valence-electron chi connectivity index (χ0n) is 10.8. The van der Waals surface area contributed by atoms with E-state index in [1.54, 1.807) is 12.4 Å². The first-order valence-corrected chi connectivity index (χ1v) is 6.38. The van der Waals surface area contributed by atoms with E-state index in [-0.39, 0.29) is 5.69 Å². The summed E-state index contributed by atoms with van der Waals surface area (Å²) in [6, 6.07) is 9.38. The van der Waals surface area contributed by atoms with Crippen LogP contribution in [0.4, 0.5) is 0 Å². The fourth-order valence-electron chi connectivity index (χ4n) is 2.11. The molecule has 20 heavy (non-hydrogen) atoms. The fourth-order valence-corrected chi connectivity index (χ4v) is 2.11. The van der Waals surface area contributed by atoms with Gasteiger partial charge in [-0.05, 0) is 12.0 Å². The molecule has 0 spiro atoms. The van der Waals surface area contributed by atoms with Crippen LogP contribution in [0.15, 0.2) is 53.7 Å². The van der Waals surface area contributed by atoms with E-state index < -0.39 is 6.10 Å². The molecule has 0 amide bonds. The number of hydrogen-bond donors (Lipinski definition) is 1. The average Bonchev–Trinajstić information content (AvgIpc) is 2.83. The second-order valence-electron chi connectivity index (χ2n) is 4.53. The lowest BCUT2D eigenvalue weighted by Crippen LogP contribution is -2.22. The van der Waals surface area contributed by atoms with E-state index in [0.29, 0.717) is 18.6 Å². The minimum absolute atomic E-state index is 0.220. The number of aromatic nitrogens is 4. The van der Waals surface area contributed by atoms with Crippen molar-refractivity contribution in [1.82, 2.24) is 19.2 Å². The van der Waals surface area contributed by atoms with Crippen LogP contribution < -0.4 is 5.69 Å². The number of aryl methyl sites for hydroxylation is 1. The summed E-state index contributed by atoms with van der Waals surface area (Å²) >= 11 is 0. The summed E-state index contributed by atoms with van der Waals surface area (Å²) in [7, 11) is 0. The van der Waals surface area contributed by atoms with Crippen LogP contribution in [0.5, 0.6) is 0 Å². The Kier molecular flexibility index (Phi) is 3.30. The number of benzene rings is 1. The molecule has 1 N–H and O–H groups in total. The number of fused-ring (bicyclic) bond motifs is 1. The van der Waals surface area contributed by atoms with Gasteiger partial charge in [0.1, 0.15) is 0 Å². The van der Waals surface area contributed by atoms with Crippen molar-refractivity contribution >= 4 is 5.65 Å². The molecule has 0 fully saturated rings. The maximum Gasteiger partial charge on any atom is 0.350 e. The largest absolute Gasteiger partial charge is 0.388 e. The third-order valence-electron chi connectivity index (χ3n) is 3.19. The van der Waals surface area contributed by atoms with E-state index in [9.17, 15) is 9.90 Å². The van der Waals surface area contributed by atoms with E-state index in [1.807, 2.05) is 30.3 Å². The quantitative estimate of drug-likeness (QED) is 0.768. The van der Waals surface area contributed by atoms with Crippen LogP contribution >= 0.6 is 0 Å². The Bertz CT molecular complexity index is 763. The van der Waals surface area contributed by atoms with Gasteiger partial charge in [0.2, 0.25) is 0 Å². The molecule has 0 bridgehead atoms. The number of aliphatic hydroxyl groups excluding tert-OH is 1. The van der Waals surface area contributed by atoms with E-state index in [0.717, 1.165) is 5.56 Å². The van der Waals surface area contributed by atoms with E-state index in [2.05, 4.69) is 10.1 Å². The fraction of sp³-hybridized carbons (Fsp3) is 0.214. The molecule has 2 heterocycles. The van der Waals surface area contributed by atoms with Gasteiger partial charge in [0, 0.05) is 18.9 Å². The topological polar surface area (TPSA) is 72.4 Å². The lowest BCUT2D eigenvalue weighted by atomic mass is 10.1. The van der Waals surface area contributed by atoms with Crippen molar-refractivity contribution in [3.8, 4) is 0 Å². The standard InChI is InChI=1S/C14H14N4O2/c19-12(11-4-2-1-3-5-11)6-8-18-14(20)17-9-7-15-10-13(17)16-18/h1-5,7,9-10,12,19H,6,8H2. The van der Waals surface area contributed by atoms with E-state index in [4.69, 9.17) is 0 Å². The maximum atomic E-state index is 12.0. The lowest BCUT2D eigenvalue weighted by Gasteiger charge is -2.09. The zero-order valence-corrected chi connectivity index (χ0v) is 10.8. The molecule has 1 aromatic carbocycles. The van der Waals surface area contributed by atoms with Crippen molar-refractivity contribution in [2.24, 2.45) is 0 Å². The van der Waals surface area contributed by atoms with Crippen LogP contribution in [0.2, 0.25) is 0 Å². The first kappa shape index (κ1) is 12.6. The van der Waals surface area contributed by atoms with Crippen LogP contribution in [0, 0.1) is 0 Å². The molecule has 102 valence electrons. The molecule has 1 unspecified atom stereocenters. The summed E-state index contributed by atoms with van der Waals surface area (Å²) in [6.07, 6.45) is 4.48. The molecule has 3 rings (SSSR count). The van der Waals surface area contributed by atoms with Crippen LogP contribution in [-0.4, -0.2) is 24.3 Å². The highest BCUT2D eigenvalue weighted by Gasteiger charge is 2.10. The van der Waals surface area contributed by atoms with Gasteiger partial charge in [0.05, 0.1) is 12.3 Å². The number of rotatable bonds is 4. The van der Waals surface area contributed by atoms with Crippen molar-refractivity contribution in [1.29, 1.82) is 0 Å². The van der Waals surface area contributed by atoms with Crippen molar-refractivity contribution in [3.05, 3.63) is 65.0 Å². The predicted molar refractivity (Wildman–Crippen MR) is 73.3 cm³/mol. The van der Waals surface area contributed by atoms with Gasteiger partial charge in [-0.25, -0.2) is 13.9 Å². The second kappa shape index (κ2) is 5.26. The molecule has 6 heteroatoms. The normalized spacial score (nSPS) is 12.7. The third-order valence-corrected chi connectivity index (χ3v) is 3.19. The van der Waals surface area contributed by atoms with Gasteiger partial charge >= 0.3 is 5.69 Å². The summed E-state index contributed by atoms with van der Waals surface area (Å²) in [6.45, 7) is 0.358. The van der Waals surface area contributed by atoms with Crippen molar-refractivity contribution < 1.29 is 5.11 Å². The molecule has 0 aliphatic heterocycles. The van der Waals surface area contributed by atoms with Gasteiger partial charge < -0.3 is 5.11 Å². The Hall–Kier alpha value is -2.47. The van der Waals surface area contributed by atoms with E-state index >= 15 is 0 Å². The van der Waals surface area contributed by atoms with Crippen LogP contribution in [0.25, 0.3) is 5.65 Å². The summed E-state index contributed by atoms with van der Waals surface area (Å²) < 4.78 is 2.78. The number of aliphatic hydroxyl groups is 1. The molecule has 1 atom stereocenters. The third kappa shape index (κ3) is 2.33. The van der Waals surface area contributed by atoms with Gasteiger partial charge in [-0.3, -0.25) is 4.98 Å². The summed E-state index contributed by atoms with van der Waals surface area (Å²) in [5.41, 5.74) is 1.13. The van der Waals surface area contributed by atoms with E-state index in [1.165, 1.54) is 15.3 Å². The Morgan fingerprint density at radius 1 is 1.25 bits per heavy atom. The predicted octanol–water partition coefficient (Wildman–Crippen LogP) is 1.01. The lowest BCUT2D eigenvalue weighted by molar-refractivity contribution is 0.159. The number of nitrogens with zero attached hydrogens (tertiary/aromatic N) is 4.